The lowest BCUT2D eigenvalue weighted by atomic mass is 10.1. The Bertz CT molecular complexity index is 372. The van der Waals surface area contributed by atoms with Crippen LogP contribution in [0.1, 0.15) is 24.0 Å². The lowest BCUT2D eigenvalue weighted by Crippen LogP contribution is -2.35. The van der Waals surface area contributed by atoms with Crippen LogP contribution in [-0.2, 0) is 6.54 Å². The van der Waals surface area contributed by atoms with E-state index in [1.165, 1.54) is 18.9 Å². The quantitative estimate of drug-likeness (QED) is 0.863. The van der Waals surface area contributed by atoms with Gasteiger partial charge in [-0.15, -0.1) is 0 Å². The van der Waals surface area contributed by atoms with Crippen LogP contribution < -0.4 is 5.32 Å². The number of aryl methyl sites for hydroxylation is 1. The third kappa shape index (κ3) is 3.51. The molecule has 94 valence electrons. The number of hydrogen-bond acceptors (Lipinski definition) is 2. The normalized spacial score (nSPS) is 20.1. The smallest absolute Gasteiger partial charge is 0.123 e. The molecule has 1 heterocycles. The monoisotopic (exact) mass is 236 g/mol. The summed E-state index contributed by atoms with van der Waals surface area (Å²) >= 11 is 0. The SMILES string of the molecule is Cc1ccc(F)cc1CN(C)CC1CCCN1. The van der Waals surface area contributed by atoms with Gasteiger partial charge in [0, 0.05) is 19.1 Å². The molecule has 1 aliphatic heterocycles. The zero-order valence-electron chi connectivity index (χ0n) is 10.7. The standard InChI is InChI=1S/C14H21FN2/c1-11-5-6-13(15)8-12(11)9-17(2)10-14-4-3-7-16-14/h5-6,8,14,16H,3-4,7,9-10H2,1-2H3. The second kappa shape index (κ2) is 5.61. The molecule has 0 spiro atoms. The lowest BCUT2D eigenvalue weighted by Gasteiger charge is -2.22. The first-order valence-electron chi connectivity index (χ1n) is 6.32. The molecule has 2 nitrogen and oxygen atoms in total. The van der Waals surface area contributed by atoms with Crippen molar-refractivity contribution in [1.29, 1.82) is 0 Å². The number of benzene rings is 1. The second-order valence-corrected chi connectivity index (χ2v) is 5.06. The number of nitrogens with zero attached hydrogens (tertiary/aromatic N) is 1. The molecule has 0 radical (unpaired) electrons. The Hall–Kier alpha value is -0.930. The molecule has 0 aliphatic carbocycles. The molecule has 17 heavy (non-hydrogen) atoms. The van der Waals surface area contributed by atoms with Gasteiger partial charge in [0.25, 0.3) is 0 Å². The zero-order chi connectivity index (χ0) is 12.3. The summed E-state index contributed by atoms with van der Waals surface area (Å²) in [6.07, 6.45) is 2.53. The number of hydrogen-bond donors (Lipinski definition) is 1. The third-order valence-corrected chi connectivity index (χ3v) is 3.45. The van der Waals surface area contributed by atoms with Crippen LogP contribution in [0.2, 0.25) is 0 Å². The summed E-state index contributed by atoms with van der Waals surface area (Å²) in [7, 11) is 2.10. The van der Waals surface area contributed by atoms with Crippen LogP contribution in [-0.4, -0.2) is 31.1 Å². The van der Waals surface area contributed by atoms with Gasteiger partial charge < -0.3 is 10.2 Å². The minimum absolute atomic E-state index is 0.141. The van der Waals surface area contributed by atoms with E-state index in [1.807, 2.05) is 13.0 Å². The average molecular weight is 236 g/mol. The maximum atomic E-state index is 13.2. The lowest BCUT2D eigenvalue weighted by molar-refractivity contribution is 0.292. The summed E-state index contributed by atoms with van der Waals surface area (Å²) in [5.74, 6) is -0.141. The van der Waals surface area contributed by atoms with Gasteiger partial charge in [-0.05, 0) is 56.6 Å². The molecule has 0 aromatic heterocycles. The fourth-order valence-corrected chi connectivity index (χ4v) is 2.45. The van der Waals surface area contributed by atoms with Crippen molar-refractivity contribution in [2.45, 2.75) is 32.4 Å². The largest absolute Gasteiger partial charge is 0.313 e. The first kappa shape index (κ1) is 12.5. The van der Waals surface area contributed by atoms with Gasteiger partial charge in [0.05, 0.1) is 0 Å². The molecule has 0 saturated carbocycles. The summed E-state index contributed by atoms with van der Waals surface area (Å²) in [6.45, 7) is 5.03. The summed E-state index contributed by atoms with van der Waals surface area (Å²) in [5, 5.41) is 3.48. The molecule has 0 bridgehead atoms. The van der Waals surface area contributed by atoms with Crippen molar-refractivity contribution in [3.05, 3.63) is 35.1 Å². The Morgan fingerprint density at radius 3 is 3.00 bits per heavy atom. The maximum Gasteiger partial charge on any atom is 0.123 e. The van der Waals surface area contributed by atoms with Gasteiger partial charge in [-0.3, -0.25) is 0 Å². The highest BCUT2D eigenvalue weighted by Gasteiger charge is 2.16. The van der Waals surface area contributed by atoms with E-state index in [4.69, 9.17) is 0 Å². The van der Waals surface area contributed by atoms with E-state index in [9.17, 15) is 4.39 Å². The molecule has 1 aromatic carbocycles. The molecule has 2 rings (SSSR count). The van der Waals surface area contributed by atoms with Crippen LogP contribution in [0.25, 0.3) is 0 Å². The fraction of sp³-hybridized carbons (Fsp3) is 0.571. The van der Waals surface area contributed by atoms with E-state index in [0.29, 0.717) is 6.04 Å². The van der Waals surface area contributed by atoms with Crippen molar-refractivity contribution in [3.63, 3.8) is 0 Å². The minimum Gasteiger partial charge on any atom is -0.313 e. The van der Waals surface area contributed by atoms with E-state index in [2.05, 4.69) is 17.3 Å². The van der Waals surface area contributed by atoms with Gasteiger partial charge >= 0.3 is 0 Å². The van der Waals surface area contributed by atoms with E-state index in [0.717, 1.165) is 30.8 Å². The van der Waals surface area contributed by atoms with Crippen molar-refractivity contribution in [2.24, 2.45) is 0 Å². The average Bonchev–Trinajstić information content (AvgIpc) is 2.76. The van der Waals surface area contributed by atoms with Crippen molar-refractivity contribution in [1.82, 2.24) is 10.2 Å². The Morgan fingerprint density at radius 2 is 2.29 bits per heavy atom. The Kier molecular flexibility index (Phi) is 4.13. The Labute approximate surface area is 103 Å². The predicted octanol–water partition coefficient (Wildman–Crippen LogP) is 2.32. The highest BCUT2D eigenvalue weighted by molar-refractivity contribution is 5.26. The Morgan fingerprint density at radius 1 is 1.47 bits per heavy atom. The topological polar surface area (TPSA) is 15.3 Å². The molecule has 1 unspecified atom stereocenters. The summed E-state index contributed by atoms with van der Waals surface area (Å²) in [6, 6.07) is 5.63. The van der Waals surface area contributed by atoms with E-state index >= 15 is 0 Å². The van der Waals surface area contributed by atoms with Gasteiger partial charge in [0.2, 0.25) is 0 Å². The molecular weight excluding hydrogens is 215 g/mol. The Balaban J connectivity index is 1.92. The first-order valence-corrected chi connectivity index (χ1v) is 6.32. The van der Waals surface area contributed by atoms with Gasteiger partial charge in [0.15, 0.2) is 0 Å². The maximum absolute atomic E-state index is 13.2. The molecule has 1 N–H and O–H groups in total. The van der Waals surface area contributed by atoms with Crippen molar-refractivity contribution < 1.29 is 4.39 Å². The summed E-state index contributed by atoms with van der Waals surface area (Å²) < 4.78 is 13.2. The highest BCUT2D eigenvalue weighted by atomic mass is 19.1. The second-order valence-electron chi connectivity index (χ2n) is 5.06. The molecule has 3 heteroatoms. The van der Waals surface area contributed by atoms with E-state index in [1.54, 1.807) is 6.07 Å². The molecule has 1 fully saturated rings. The number of halogens is 1. The molecule has 1 saturated heterocycles. The number of nitrogens with one attached hydrogen (secondary N) is 1. The number of rotatable bonds is 4. The van der Waals surface area contributed by atoms with Crippen LogP contribution in [0.4, 0.5) is 4.39 Å². The zero-order valence-corrected chi connectivity index (χ0v) is 10.7. The predicted molar refractivity (Wildman–Crippen MR) is 68.5 cm³/mol. The highest BCUT2D eigenvalue weighted by Crippen LogP contribution is 2.13. The van der Waals surface area contributed by atoms with Crippen LogP contribution in [0, 0.1) is 12.7 Å². The van der Waals surface area contributed by atoms with Crippen LogP contribution in [0.15, 0.2) is 18.2 Å². The first-order chi connectivity index (χ1) is 8.15. The van der Waals surface area contributed by atoms with Gasteiger partial charge in [-0.2, -0.15) is 0 Å². The summed E-state index contributed by atoms with van der Waals surface area (Å²) in [5.41, 5.74) is 2.25. The van der Waals surface area contributed by atoms with Crippen LogP contribution in [0.5, 0.6) is 0 Å². The van der Waals surface area contributed by atoms with Crippen molar-refractivity contribution >= 4 is 0 Å². The van der Waals surface area contributed by atoms with Gasteiger partial charge in [-0.25, -0.2) is 4.39 Å². The van der Waals surface area contributed by atoms with Crippen LogP contribution in [0.3, 0.4) is 0 Å². The molecular formula is C14H21FN2. The van der Waals surface area contributed by atoms with Crippen molar-refractivity contribution in [3.8, 4) is 0 Å². The fourth-order valence-electron chi connectivity index (χ4n) is 2.45. The number of likely N-dealkylation sites (N-methyl/N-ethyl adjacent to an activating group) is 1. The third-order valence-electron chi connectivity index (χ3n) is 3.45. The molecule has 1 aliphatic rings. The minimum atomic E-state index is -0.141. The van der Waals surface area contributed by atoms with Crippen molar-refractivity contribution in [2.75, 3.05) is 20.1 Å². The van der Waals surface area contributed by atoms with E-state index < -0.39 is 0 Å². The van der Waals surface area contributed by atoms with Gasteiger partial charge in [0.1, 0.15) is 5.82 Å². The molecule has 1 atom stereocenters. The van der Waals surface area contributed by atoms with E-state index in [-0.39, 0.29) is 5.82 Å². The summed E-state index contributed by atoms with van der Waals surface area (Å²) in [4.78, 5) is 2.27. The molecule has 1 aromatic rings. The molecule has 0 amide bonds. The van der Waals surface area contributed by atoms with Gasteiger partial charge in [-0.1, -0.05) is 6.07 Å². The van der Waals surface area contributed by atoms with Crippen LogP contribution >= 0.6 is 0 Å².